The maximum Gasteiger partial charge on any atom is 0.472 e. The van der Waals surface area contributed by atoms with Crippen LogP contribution in [0.4, 0.5) is 0 Å². The summed E-state index contributed by atoms with van der Waals surface area (Å²) in [5.41, 5.74) is 0. The van der Waals surface area contributed by atoms with Gasteiger partial charge in [0, 0.05) is 6.42 Å². The number of nitrogens with zero attached hydrogens (tertiary/aromatic N) is 1. The molecular weight excluding hydrogens is 683 g/mol. The van der Waals surface area contributed by atoms with Crippen LogP contribution in [-0.2, 0) is 18.4 Å². The van der Waals surface area contributed by atoms with Crippen LogP contribution in [0, 0.1) is 0 Å². The number of phosphoric ester groups is 1. The number of hydrogen-bond acceptors (Lipinski definition) is 5. The second-order valence-corrected chi connectivity index (χ2v) is 17.9. The molecule has 3 unspecified atom stereocenters. The molecule has 0 saturated heterocycles. The van der Waals surface area contributed by atoms with E-state index in [1.54, 1.807) is 6.08 Å². The fraction of sp³-hybridized carbons (Fsp3) is 0.886. The zero-order valence-corrected chi connectivity index (χ0v) is 36.4. The minimum atomic E-state index is -4.33. The molecule has 0 aliphatic heterocycles. The Labute approximate surface area is 328 Å². The number of hydrogen-bond donors (Lipinski definition) is 3. The summed E-state index contributed by atoms with van der Waals surface area (Å²) in [6.45, 7) is 4.78. The van der Waals surface area contributed by atoms with E-state index in [0.29, 0.717) is 17.4 Å². The van der Waals surface area contributed by atoms with E-state index in [-0.39, 0.29) is 19.1 Å². The highest BCUT2D eigenvalue weighted by Gasteiger charge is 2.27. The highest BCUT2D eigenvalue weighted by atomic mass is 31.2. The first-order chi connectivity index (χ1) is 25.5. The van der Waals surface area contributed by atoms with Gasteiger partial charge in [0.25, 0.3) is 0 Å². The molecule has 0 aliphatic carbocycles. The van der Waals surface area contributed by atoms with E-state index in [1.165, 1.54) is 128 Å². The minimum absolute atomic E-state index is 0.0609. The van der Waals surface area contributed by atoms with Gasteiger partial charge in [0.05, 0.1) is 39.9 Å². The molecule has 0 aromatic carbocycles. The molecule has 0 bridgehead atoms. The van der Waals surface area contributed by atoms with Crippen LogP contribution in [-0.4, -0.2) is 73.4 Å². The van der Waals surface area contributed by atoms with Crippen LogP contribution in [0.3, 0.4) is 0 Å². The molecule has 0 aliphatic rings. The second kappa shape index (κ2) is 36.6. The van der Waals surface area contributed by atoms with Gasteiger partial charge in [0.2, 0.25) is 5.91 Å². The van der Waals surface area contributed by atoms with Gasteiger partial charge in [0.1, 0.15) is 13.2 Å². The van der Waals surface area contributed by atoms with Crippen LogP contribution in [0.1, 0.15) is 200 Å². The molecule has 9 heteroatoms. The molecule has 3 atom stereocenters. The molecular formula is C44H88N2O6P+. The Morgan fingerprint density at radius 1 is 0.623 bits per heavy atom. The summed E-state index contributed by atoms with van der Waals surface area (Å²) in [4.78, 5) is 23.1. The van der Waals surface area contributed by atoms with Crippen molar-refractivity contribution in [3.05, 3.63) is 24.3 Å². The summed E-state index contributed by atoms with van der Waals surface area (Å²) in [6, 6.07) is -0.846. The van der Waals surface area contributed by atoms with Gasteiger partial charge in [-0.05, 0) is 44.9 Å². The number of amides is 1. The topological polar surface area (TPSA) is 105 Å². The lowest BCUT2D eigenvalue weighted by Gasteiger charge is -2.25. The van der Waals surface area contributed by atoms with Crippen molar-refractivity contribution < 1.29 is 32.9 Å². The Morgan fingerprint density at radius 2 is 1.02 bits per heavy atom. The third-order valence-electron chi connectivity index (χ3n) is 9.92. The van der Waals surface area contributed by atoms with E-state index < -0.39 is 20.0 Å². The third kappa shape index (κ3) is 39.0. The van der Waals surface area contributed by atoms with E-state index in [2.05, 4.69) is 31.3 Å². The van der Waals surface area contributed by atoms with Crippen molar-refractivity contribution in [2.75, 3.05) is 40.9 Å². The first-order valence-corrected chi connectivity index (χ1v) is 23.7. The van der Waals surface area contributed by atoms with Crippen molar-refractivity contribution in [1.29, 1.82) is 0 Å². The number of nitrogens with one attached hydrogen (secondary N) is 1. The van der Waals surface area contributed by atoms with Crippen molar-refractivity contribution in [2.24, 2.45) is 0 Å². The molecule has 1 amide bonds. The van der Waals surface area contributed by atoms with E-state index in [4.69, 9.17) is 9.05 Å². The van der Waals surface area contributed by atoms with E-state index in [0.717, 1.165) is 51.4 Å². The molecule has 314 valence electrons. The largest absolute Gasteiger partial charge is 0.472 e. The van der Waals surface area contributed by atoms with Crippen molar-refractivity contribution in [3.8, 4) is 0 Å². The molecule has 53 heavy (non-hydrogen) atoms. The van der Waals surface area contributed by atoms with Crippen LogP contribution < -0.4 is 5.32 Å². The molecule has 0 spiro atoms. The first-order valence-electron chi connectivity index (χ1n) is 22.2. The Kier molecular flexibility index (Phi) is 35.9. The summed E-state index contributed by atoms with van der Waals surface area (Å²) in [5.74, 6) is -0.187. The zero-order valence-electron chi connectivity index (χ0n) is 35.5. The highest BCUT2D eigenvalue weighted by molar-refractivity contribution is 7.47. The van der Waals surface area contributed by atoms with Crippen molar-refractivity contribution in [1.82, 2.24) is 5.32 Å². The summed E-state index contributed by atoms with van der Waals surface area (Å²) >= 11 is 0. The smallest absolute Gasteiger partial charge is 0.387 e. The average Bonchev–Trinajstić information content (AvgIpc) is 3.10. The predicted octanol–water partition coefficient (Wildman–Crippen LogP) is 12.1. The predicted molar refractivity (Wildman–Crippen MR) is 226 cm³/mol. The van der Waals surface area contributed by atoms with E-state index in [9.17, 15) is 19.4 Å². The number of phosphoric acid groups is 1. The summed E-state index contributed by atoms with van der Waals surface area (Å²) in [5, 5.41) is 13.8. The lowest BCUT2D eigenvalue weighted by Crippen LogP contribution is -2.45. The minimum Gasteiger partial charge on any atom is -0.387 e. The number of unbranched alkanes of at least 4 members (excludes halogenated alkanes) is 25. The number of rotatable bonds is 40. The summed E-state index contributed by atoms with van der Waals surface area (Å²) in [7, 11) is 1.57. The van der Waals surface area contributed by atoms with Crippen LogP contribution in [0.15, 0.2) is 24.3 Å². The normalized spacial score (nSPS) is 14.6. The molecule has 0 fully saturated rings. The fourth-order valence-corrected chi connectivity index (χ4v) is 7.07. The third-order valence-corrected chi connectivity index (χ3v) is 10.9. The second-order valence-electron chi connectivity index (χ2n) is 16.4. The number of aliphatic hydroxyl groups excluding tert-OH is 1. The number of carbonyl (C=O) groups excluding carboxylic acids is 1. The van der Waals surface area contributed by atoms with E-state index in [1.807, 2.05) is 27.2 Å². The van der Waals surface area contributed by atoms with Crippen molar-refractivity contribution in [2.45, 2.75) is 212 Å². The lowest BCUT2D eigenvalue weighted by molar-refractivity contribution is -0.870. The Balaban J connectivity index is 4.40. The molecule has 0 radical (unpaired) electrons. The molecule has 0 aromatic rings. The van der Waals surface area contributed by atoms with Gasteiger partial charge in [-0.3, -0.25) is 13.8 Å². The lowest BCUT2D eigenvalue weighted by atomic mass is 10.0. The number of allylic oxidation sites excluding steroid dienone is 3. The number of carbonyl (C=O) groups is 1. The van der Waals surface area contributed by atoms with Gasteiger partial charge in [-0.1, -0.05) is 173 Å². The molecule has 8 nitrogen and oxygen atoms in total. The Morgan fingerprint density at radius 3 is 1.49 bits per heavy atom. The quantitative estimate of drug-likeness (QED) is 0.0248. The molecule has 0 saturated carbocycles. The number of aliphatic hydroxyl groups is 1. The van der Waals surface area contributed by atoms with E-state index >= 15 is 0 Å². The fourth-order valence-electron chi connectivity index (χ4n) is 6.33. The summed E-state index contributed by atoms with van der Waals surface area (Å²) < 4.78 is 23.5. The highest BCUT2D eigenvalue weighted by Crippen LogP contribution is 2.43. The van der Waals surface area contributed by atoms with Gasteiger partial charge in [-0.15, -0.1) is 0 Å². The Bertz CT molecular complexity index is 922. The number of quaternary nitrogens is 1. The van der Waals surface area contributed by atoms with Gasteiger partial charge in [-0.2, -0.15) is 0 Å². The molecule has 0 heterocycles. The monoisotopic (exact) mass is 772 g/mol. The van der Waals surface area contributed by atoms with Gasteiger partial charge < -0.3 is 19.8 Å². The summed E-state index contributed by atoms with van der Waals surface area (Å²) in [6.07, 6.45) is 42.4. The van der Waals surface area contributed by atoms with Crippen molar-refractivity contribution in [3.63, 3.8) is 0 Å². The van der Waals surface area contributed by atoms with Crippen LogP contribution in [0.25, 0.3) is 0 Å². The molecule has 3 N–H and O–H groups in total. The SMILES string of the molecule is CCCCC/C=C\CCCCCCCC(=O)NC(COP(=O)(O)OCC[N+](C)(C)C)C(O)/C=C/CCCCCCCCCCCCCCCCCCC. The maximum atomic E-state index is 12.8. The maximum absolute atomic E-state index is 12.8. The number of likely N-dealkylation sites (N-methyl/N-ethyl adjacent to an activating group) is 1. The van der Waals surface area contributed by atoms with Gasteiger partial charge >= 0.3 is 7.82 Å². The standard InChI is InChI=1S/C44H87N2O6P/c1-6-8-10-12-14-16-18-20-21-22-23-24-25-26-27-29-31-33-35-37-43(47)42(41-52-53(49,50)51-40-39-46(3,4)5)45-44(48)38-36-34-32-30-28-19-17-15-13-11-9-7-2/h15,17,35,37,42-43,47H,6-14,16,18-34,36,38-41H2,1-5H3,(H-,45,48,49,50)/p+1/b17-15-,37-35+. The van der Waals surface area contributed by atoms with Crippen LogP contribution in [0.2, 0.25) is 0 Å². The molecule has 0 aromatic heterocycles. The van der Waals surface area contributed by atoms with Crippen LogP contribution in [0.5, 0.6) is 0 Å². The average molecular weight is 772 g/mol. The van der Waals surface area contributed by atoms with Crippen LogP contribution >= 0.6 is 7.82 Å². The zero-order chi connectivity index (χ0) is 39.3. The molecule has 0 rings (SSSR count). The van der Waals surface area contributed by atoms with Crippen molar-refractivity contribution >= 4 is 13.7 Å². The van der Waals surface area contributed by atoms with Gasteiger partial charge in [-0.25, -0.2) is 4.57 Å². The first kappa shape index (κ1) is 52.0. The van der Waals surface area contributed by atoms with Gasteiger partial charge in [0.15, 0.2) is 0 Å². The Hall–Kier alpha value is -1.02.